The summed E-state index contributed by atoms with van der Waals surface area (Å²) in [6.07, 6.45) is 0.882. The van der Waals surface area contributed by atoms with Crippen molar-refractivity contribution in [1.29, 1.82) is 0 Å². The maximum atomic E-state index is 14.5. The van der Waals surface area contributed by atoms with Gasteiger partial charge in [-0.3, -0.25) is 13.9 Å². The van der Waals surface area contributed by atoms with Gasteiger partial charge in [0.25, 0.3) is 10.0 Å². The van der Waals surface area contributed by atoms with Crippen LogP contribution in [0.5, 0.6) is 0 Å². The summed E-state index contributed by atoms with van der Waals surface area (Å²) in [7, 11) is -4.20. The van der Waals surface area contributed by atoms with Crippen molar-refractivity contribution in [3.63, 3.8) is 0 Å². The molecule has 0 saturated carbocycles. The molecular weight excluding hydrogens is 685 g/mol. The third-order valence-corrected chi connectivity index (χ3v) is 9.91. The normalized spacial score (nSPS) is 11.9. The molecule has 0 aliphatic carbocycles. The second kappa shape index (κ2) is 15.6. The van der Waals surface area contributed by atoms with E-state index in [1.165, 1.54) is 17.0 Å². The second-order valence-corrected chi connectivity index (χ2v) is 13.6. The quantitative estimate of drug-likeness (QED) is 0.160. The number of nitrogens with one attached hydrogen (secondary N) is 1. The molecule has 0 fully saturated rings. The number of hydrogen-bond acceptors (Lipinski definition) is 4. The molecule has 2 amide bonds. The molecule has 1 atom stereocenters. The summed E-state index contributed by atoms with van der Waals surface area (Å²) in [6, 6.07) is 27.9. The molecule has 1 N–H and O–H groups in total. The molecule has 44 heavy (non-hydrogen) atoms. The van der Waals surface area contributed by atoms with Crippen molar-refractivity contribution in [2.45, 2.75) is 37.2 Å². The van der Waals surface area contributed by atoms with Crippen molar-refractivity contribution in [2.75, 3.05) is 17.4 Å². The van der Waals surface area contributed by atoms with Gasteiger partial charge in [-0.2, -0.15) is 0 Å². The zero-order valence-corrected chi connectivity index (χ0v) is 27.9. The SMILES string of the molecule is CCCNC(=O)[C@@H](Cc1ccccc1)N(Cc1c(Cl)cccc1Cl)C(=O)CN(c1cccc(Br)c1)S(=O)(=O)c1ccccc1. The minimum atomic E-state index is -4.20. The van der Waals surface area contributed by atoms with Crippen molar-refractivity contribution in [1.82, 2.24) is 10.2 Å². The topological polar surface area (TPSA) is 86.8 Å². The number of carbonyl (C=O) groups is 2. The molecule has 0 aliphatic rings. The van der Waals surface area contributed by atoms with Crippen LogP contribution in [0.4, 0.5) is 5.69 Å². The van der Waals surface area contributed by atoms with Gasteiger partial charge in [0.1, 0.15) is 12.6 Å². The summed E-state index contributed by atoms with van der Waals surface area (Å²) in [5, 5.41) is 3.56. The van der Waals surface area contributed by atoms with Crippen molar-refractivity contribution >= 4 is 66.7 Å². The largest absolute Gasteiger partial charge is 0.354 e. The molecule has 7 nitrogen and oxygen atoms in total. The lowest BCUT2D eigenvalue weighted by Crippen LogP contribution is -2.53. The molecule has 0 saturated heterocycles. The summed E-state index contributed by atoms with van der Waals surface area (Å²) in [6.45, 7) is 1.64. The van der Waals surface area contributed by atoms with Gasteiger partial charge in [0.2, 0.25) is 11.8 Å². The van der Waals surface area contributed by atoms with Gasteiger partial charge in [0.05, 0.1) is 10.6 Å². The lowest BCUT2D eigenvalue weighted by Gasteiger charge is -2.34. The summed E-state index contributed by atoms with van der Waals surface area (Å²) >= 11 is 16.5. The molecule has 0 unspecified atom stereocenters. The van der Waals surface area contributed by atoms with Crippen LogP contribution in [-0.4, -0.2) is 44.3 Å². The van der Waals surface area contributed by atoms with Crippen LogP contribution in [0.1, 0.15) is 24.5 Å². The minimum Gasteiger partial charge on any atom is -0.354 e. The van der Waals surface area contributed by atoms with E-state index in [-0.39, 0.29) is 29.5 Å². The Labute approximate surface area is 277 Å². The minimum absolute atomic E-state index is 0.0231. The first-order valence-corrected chi connectivity index (χ1v) is 17.0. The Kier molecular flexibility index (Phi) is 11.9. The Morgan fingerprint density at radius 2 is 1.48 bits per heavy atom. The number of benzene rings is 4. The zero-order valence-electron chi connectivity index (χ0n) is 24.0. The van der Waals surface area contributed by atoms with Crippen LogP contribution in [0.2, 0.25) is 10.0 Å². The van der Waals surface area contributed by atoms with E-state index >= 15 is 0 Å². The fourth-order valence-corrected chi connectivity index (χ4v) is 6.98. The average Bonchev–Trinajstić information content (AvgIpc) is 3.02. The van der Waals surface area contributed by atoms with Crippen LogP contribution < -0.4 is 9.62 Å². The van der Waals surface area contributed by atoms with Crippen LogP contribution in [-0.2, 0) is 32.6 Å². The number of nitrogens with zero attached hydrogens (tertiary/aromatic N) is 2. The van der Waals surface area contributed by atoms with E-state index in [2.05, 4.69) is 21.2 Å². The van der Waals surface area contributed by atoms with E-state index in [4.69, 9.17) is 23.2 Å². The monoisotopic (exact) mass is 715 g/mol. The highest BCUT2D eigenvalue weighted by molar-refractivity contribution is 9.10. The Hall–Kier alpha value is -3.37. The van der Waals surface area contributed by atoms with E-state index in [0.717, 1.165) is 9.87 Å². The Morgan fingerprint density at radius 3 is 2.09 bits per heavy atom. The van der Waals surface area contributed by atoms with E-state index in [0.29, 0.717) is 33.0 Å². The maximum absolute atomic E-state index is 14.5. The molecular formula is C33H32BrCl2N3O4S. The first kappa shape index (κ1) is 33.5. The van der Waals surface area contributed by atoms with Gasteiger partial charge in [-0.1, -0.05) is 107 Å². The third kappa shape index (κ3) is 8.41. The van der Waals surface area contributed by atoms with Crippen molar-refractivity contribution < 1.29 is 18.0 Å². The molecule has 4 rings (SSSR count). The van der Waals surface area contributed by atoms with Crippen molar-refractivity contribution in [3.8, 4) is 0 Å². The average molecular weight is 718 g/mol. The lowest BCUT2D eigenvalue weighted by molar-refractivity contribution is -0.140. The van der Waals surface area contributed by atoms with Crippen LogP contribution in [0.15, 0.2) is 112 Å². The van der Waals surface area contributed by atoms with Gasteiger partial charge in [0, 0.05) is 39.6 Å². The first-order valence-electron chi connectivity index (χ1n) is 14.0. The number of anilines is 1. The van der Waals surface area contributed by atoms with Gasteiger partial charge in [-0.15, -0.1) is 0 Å². The fourth-order valence-electron chi connectivity index (χ4n) is 4.65. The predicted octanol–water partition coefficient (Wildman–Crippen LogP) is 7.12. The highest BCUT2D eigenvalue weighted by Crippen LogP contribution is 2.30. The highest BCUT2D eigenvalue weighted by Gasteiger charge is 2.35. The van der Waals surface area contributed by atoms with E-state index in [1.807, 2.05) is 37.3 Å². The summed E-state index contributed by atoms with van der Waals surface area (Å²) in [5.74, 6) is -0.972. The number of amides is 2. The van der Waals surface area contributed by atoms with E-state index < -0.39 is 28.5 Å². The van der Waals surface area contributed by atoms with E-state index in [9.17, 15) is 18.0 Å². The summed E-state index contributed by atoms with van der Waals surface area (Å²) in [4.78, 5) is 29.6. The van der Waals surface area contributed by atoms with Gasteiger partial charge < -0.3 is 10.2 Å². The Morgan fingerprint density at radius 1 is 0.864 bits per heavy atom. The van der Waals surface area contributed by atoms with Crippen LogP contribution in [0.25, 0.3) is 0 Å². The van der Waals surface area contributed by atoms with Gasteiger partial charge in [-0.05, 0) is 54.4 Å². The summed E-state index contributed by atoms with van der Waals surface area (Å²) in [5.41, 5.74) is 1.56. The number of hydrogen-bond donors (Lipinski definition) is 1. The zero-order chi connectivity index (χ0) is 31.7. The number of sulfonamides is 1. The molecule has 0 aliphatic heterocycles. The molecule has 0 heterocycles. The molecule has 0 bridgehead atoms. The van der Waals surface area contributed by atoms with Crippen molar-refractivity contribution in [3.05, 3.63) is 129 Å². The summed E-state index contributed by atoms with van der Waals surface area (Å²) < 4.78 is 29.7. The maximum Gasteiger partial charge on any atom is 0.264 e. The standard InChI is InChI=1S/C33H32BrCl2N3O4S/c1-2-19-37-33(41)31(20-24-11-5-3-6-12-24)38(22-28-29(35)17-10-18-30(28)36)32(40)23-39(26-14-9-13-25(34)21-26)44(42,43)27-15-7-4-8-16-27/h3-18,21,31H,2,19-20,22-23H2,1H3,(H,37,41)/t31-/m1/s1. The van der Waals surface area contributed by atoms with Gasteiger partial charge in [-0.25, -0.2) is 8.42 Å². The lowest BCUT2D eigenvalue weighted by atomic mass is 10.0. The molecule has 4 aromatic carbocycles. The fraction of sp³-hybridized carbons (Fsp3) is 0.212. The molecule has 0 spiro atoms. The second-order valence-electron chi connectivity index (χ2n) is 10.0. The van der Waals surface area contributed by atoms with Gasteiger partial charge >= 0.3 is 0 Å². The Bertz CT molecular complexity index is 1670. The number of carbonyl (C=O) groups excluding carboxylic acids is 2. The predicted molar refractivity (Wildman–Crippen MR) is 179 cm³/mol. The number of halogens is 3. The smallest absolute Gasteiger partial charge is 0.264 e. The molecule has 0 aromatic heterocycles. The molecule has 230 valence electrons. The van der Waals surface area contributed by atoms with Gasteiger partial charge in [0.15, 0.2) is 0 Å². The highest BCUT2D eigenvalue weighted by atomic mass is 79.9. The molecule has 0 radical (unpaired) electrons. The first-order chi connectivity index (χ1) is 21.1. The van der Waals surface area contributed by atoms with Crippen LogP contribution >= 0.6 is 39.1 Å². The van der Waals surface area contributed by atoms with Crippen molar-refractivity contribution in [2.24, 2.45) is 0 Å². The van der Waals surface area contributed by atoms with Crippen LogP contribution in [0.3, 0.4) is 0 Å². The van der Waals surface area contributed by atoms with E-state index in [1.54, 1.807) is 60.7 Å². The Balaban J connectivity index is 1.82. The molecule has 11 heteroatoms. The molecule has 4 aromatic rings. The van der Waals surface area contributed by atoms with Crippen LogP contribution in [0, 0.1) is 0 Å². The third-order valence-electron chi connectivity index (χ3n) is 6.92. The number of rotatable bonds is 13.